The Morgan fingerprint density at radius 3 is 2.35 bits per heavy atom. The summed E-state index contributed by atoms with van der Waals surface area (Å²) in [7, 11) is 0. The van der Waals surface area contributed by atoms with Crippen LogP contribution in [0.1, 0.15) is 39.5 Å². The Bertz CT molecular complexity index is 367. The van der Waals surface area contributed by atoms with Crippen LogP contribution in [-0.4, -0.2) is 40.1 Å². The summed E-state index contributed by atoms with van der Waals surface area (Å²) in [5.74, 6) is -1.50. The number of carbonyl (C=O) groups excluding carboxylic acids is 2. The maximum absolute atomic E-state index is 11.6. The molecule has 1 saturated carbocycles. The number of urea groups is 1. The highest BCUT2D eigenvalue weighted by atomic mass is 32.2. The number of hydrogen-bond acceptors (Lipinski definition) is 4. The summed E-state index contributed by atoms with van der Waals surface area (Å²) in [4.78, 5) is 34.1. The van der Waals surface area contributed by atoms with Crippen LogP contribution in [0.15, 0.2) is 0 Å². The van der Waals surface area contributed by atoms with Gasteiger partial charge in [0, 0.05) is 6.04 Å². The van der Waals surface area contributed by atoms with E-state index in [9.17, 15) is 14.4 Å². The number of amides is 3. The molecule has 3 amide bonds. The van der Waals surface area contributed by atoms with Crippen molar-refractivity contribution in [3.63, 3.8) is 0 Å². The zero-order valence-corrected chi connectivity index (χ0v) is 12.7. The van der Waals surface area contributed by atoms with Crippen molar-refractivity contribution >= 4 is 29.7 Å². The van der Waals surface area contributed by atoms with E-state index in [0.717, 1.165) is 37.4 Å². The van der Waals surface area contributed by atoms with Crippen LogP contribution in [0.25, 0.3) is 0 Å². The van der Waals surface area contributed by atoms with Gasteiger partial charge in [-0.05, 0) is 18.8 Å². The summed E-state index contributed by atoms with van der Waals surface area (Å²) in [6, 6.07) is -0.336. The van der Waals surface area contributed by atoms with Gasteiger partial charge in [-0.2, -0.15) is 0 Å². The molecule has 0 heterocycles. The minimum atomic E-state index is -0.937. The van der Waals surface area contributed by atoms with Gasteiger partial charge in [0.05, 0.1) is 5.75 Å². The first-order chi connectivity index (χ1) is 9.40. The van der Waals surface area contributed by atoms with E-state index in [1.165, 1.54) is 0 Å². The smallest absolute Gasteiger partial charge is 0.321 e. The lowest BCUT2D eigenvalue weighted by molar-refractivity contribution is -0.137. The van der Waals surface area contributed by atoms with Gasteiger partial charge < -0.3 is 10.4 Å². The van der Waals surface area contributed by atoms with Crippen LogP contribution >= 0.6 is 11.8 Å². The molecule has 0 aromatic carbocycles. The largest absolute Gasteiger partial charge is 0.480 e. The Kier molecular flexibility index (Phi) is 6.84. The number of aliphatic carboxylic acids is 1. The maximum Gasteiger partial charge on any atom is 0.321 e. The van der Waals surface area contributed by atoms with Crippen molar-refractivity contribution in [2.75, 3.05) is 5.75 Å². The number of hydrogen-bond donors (Lipinski definition) is 3. The first-order valence-corrected chi connectivity index (χ1v) is 7.89. The molecule has 1 unspecified atom stereocenters. The molecule has 1 fully saturated rings. The van der Waals surface area contributed by atoms with Crippen molar-refractivity contribution in [2.24, 2.45) is 5.92 Å². The van der Waals surface area contributed by atoms with Gasteiger partial charge >= 0.3 is 12.0 Å². The minimum absolute atomic E-state index is 0.0345. The molecule has 20 heavy (non-hydrogen) atoms. The molecular formula is C13H22N2O4S. The molecule has 0 saturated heterocycles. The molecule has 114 valence electrons. The van der Waals surface area contributed by atoms with Crippen LogP contribution < -0.4 is 10.6 Å². The third kappa shape index (κ3) is 5.81. The van der Waals surface area contributed by atoms with Gasteiger partial charge in [-0.25, -0.2) is 4.79 Å². The molecule has 1 aliphatic rings. The second-order valence-electron chi connectivity index (χ2n) is 5.32. The van der Waals surface area contributed by atoms with Gasteiger partial charge in [-0.3, -0.25) is 14.9 Å². The number of imide groups is 1. The highest BCUT2D eigenvalue weighted by molar-refractivity contribution is 8.01. The highest BCUT2D eigenvalue weighted by Gasteiger charge is 2.24. The van der Waals surface area contributed by atoms with Gasteiger partial charge in [0.1, 0.15) is 5.25 Å². The number of thioether (sulfide) groups is 1. The lowest BCUT2D eigenvalue weighted by Gasteiger charge is -2.16. The number of nitrogens with one attached hydrogen (secondary N) is 2. The summed E-state index contributed by atoms with van der Waals surface area (Å²) in [6.45, 7) is 3.58. The van der Waals surface area contributed by atoms with Gasteiger partial charge in [0.2, 0.25) is 5.91 Å². The molecule has 7 heteroatoms. The van der Waals surface area contributed by atoms with Crippen LogP contribution in [0.2, 0.25) is 0 Å². The predicted octanol–water partition coefficient (Wildman–Crippen LogP) is 1.60. The van der Waals surface area contributed by atoms with E-state index < -0.39 is 23.2 Å². The first-order valence-electron chi connectivity index (χ1n) is 6.85. The molecule has 1 atom stereocenters. The third-order valence-corrected chi connectivity index (χ3v) is 4.72. The summed E-state index contributed by atoms with van der Waals surface area (Å²) < 4.78 is 0. The molecule has 0 aliphatic heterocycles. The van der Waals surface area contributed by atoms with E-state index in [-0.39, 0.29) is 17.7 Å². The van der Waals surface area contributed by atoms with Gasteiger partial charge in [0.25, 0.3) is 0 Å². The van der Waals surface area contributed by atoms with E-state index in [4.69, 9.17) is 5.11 Å². The Morgan fingerprint density at radius 1 is 1.25 bits per heavy atom. The number of carboxylic acid groups (broad SMARTS) is 1. The van der Waals surface area contributed by atoms with Crippen molar-refractivity contribution in [2.45, 2.75) is 50.8 Å². The van der Waals surface area contributed by atoms with E-state index in [1.54, 1.807) is 13.8 Å². The van der Waals surface area contributed by atoms with Crippen LogP contribution in [-0.2, 0) is 9.59 Å². The normalized spacial score (nSPS) is 16.9. The molecular weight excluding hydrogens is 280 g/mol. The summed E-state index contributed by atoms with van der Waals surface area (Å²) >= 11 is 1.04. The fraction of sp³-hybridized carbons (Fsp3) is 0.769. The lowest BCUT2D eigenvalue weighted by Crippen LogP contribution is -2.44. The van der Waals surface area contributed by atoms with Crippen LogP contribution in [0, 0.1) is 5.92 Å². The zero-order valence-electron chi connectivity index (χ0n) is 11.8. The van der Waals surface area contributed by atoms with E-state index >= 15 is 0 Å². The van der Waals surface area contributed by atoms with E-state index in [1.807, 2.05) is 0 Å². The monoisotopic (exact) mass is 302 g/mol. The Labute approximate surface area is 123 Å². The quantitative estimate of drug-likeness (QED) is 0.692. The average Bonchev–Trinajstić information content (AvgIpc) is 2.80. The lowest BCUT2D eigenvalue weighted by atomic mass is 10.1. The fourth-order valence-electron chi connectivity index (χ4n) is 2.17. The van der Waals surface area contributed by atoms with Crippen LogP contribution in [0.5, 0.6) is 0 Å². The summed E-state index contributed by atoms with van der Waals surface area (Å²) in [6.07, 6.45) is 4.10. The SMILES string of the molecule is CC(C)C(SCC(=O)NC(=O)NC1CCCC1)C(=O)O. The Morgan fingerprint density at radius 2 is 1.85 bits per heavy atom. The average molecular weight is 302 g/mol. The number of rotatable bonds is 6. The van der Waals surface area contributed by atoms with Crippen LogP contribution in [0.3, 0.4) is 0 Å². The van der Waals surface area contributed by atoms with Gasteiger partial charge in [-0.15, -0.1) is 11.8 Å². The Balaban J connectivity index is 2.28. The fourth-order valence-corrected chi connectivity index (χ4v) is 3.10. The highest BCUT2D eigenvalue weighted by Crippen LogP contribution is 2.19. The second-order valence-corrected chi connectivity index (χ2v) is 6.45. The van der Waals surface area contributed by atoms with Crippen molar-refractivity contribution in [1.82, 2.24) is 10.6 Å². The molecule has 1 aliphatic carbocycles. The Hall–Kier alpha value is -1.24. The topological polar surface area (TPSA) is 95.5 Å². The van der Waals surface area contributed by atoms with Crippen molar-refractivity contribution in [3.05, 3.63) is 0 Å². The van der Waals surface area contributed by atoms with E-state index in [0.29, 0.717) is 0 Å². The molecule has 6 nitrogen and oxygen atoms in total. The van der Waals surface area contributed by atoms with E-state index in [2.05, 4.69) is 10.6 Å². The van der Waals surface area contributed by atoms with Gasteiger partial charge in [0.15, 0.2) is 0 Å². The van der Waals surface area contributed by atoms with Crippen LogP contribution in [0.4, 0.5) is 4.79 Å². The predicted molar refractivity (Wildman–Crippen MR) is 77.7 cm³/mol. The molecule has 0 bridgehead atoms. The minimum Gasteiger partial charge on any atom is -0.480 e. The standard InChI is InChI=1S/C13H22N2O4S/c1-8(2)11(12(17)18)20-7-10(16)15-13(19)14-9-5-3-4-6-9/h8-9,11H,3-7H2,1-2H3,(H,17,18)(H2,14,15,16,19). The number of carboxylic acids is 1. The summed E-state index contributed by atoms with van der Waals surface area (Å²) in [5.41, 5.74) is 0. The van der Waals surface area contributed by atoms with Crippen molar-refractivity contribution in [3.8, 4) is 0 Å². The molecule has 3 N–H and O–H groups in total. The summed E-state index contributed by atoms with van der Waals surface area (Å²) in [5, 5.41) is 13.3. The molecule has 1 rings (SSSR count). The second kappa shape index (κ2) is 8.14. The van der Waals surface area contributed by atoms with Gasteiger partial charge in [-0.1, -0.05) is 26.7 Å². The van der Waals surface area contributed by atoms with Crippen molar-refractivity contribution < 1.29 is 19.5 Å². The zero-order chi connectivity index (χ0) is 15.1. The van der Waals surface area contributed by atoms with Crippen molar-refractivity contribution in [1.29, 1.82) is 0 Å². The molecule has 0 radical (unpaired) electrons. The molecule has 0 spiro atoms. The number of carbonyl (C=O) groups is 3. The molecule has 0 aromatic heterocycles. The third-order valence-electron chi connectivity index (χ3n) is 3.19. The molecule has 0 aromatic rings. The maximum atomic E-state index is 11.6. The first kappa shape index (κ1) is 16.8.